The molecule has 6 heteroatoms. The maximum atomic E-state index is 12.5. The van der Waals surface area contributed by atoms with Crippen molar-refractivity contribution >= 4 is 11.7 Å². The third kappa shape index (κ3) is 5.41. The highest BCUT2D eigenvalue weighted by molar-refractivity contribution is 5.97. The molecule has 6 nitrogen and oxygen atoms in total. The lowest BCUT2D eigenvalue weighted by molar-refractivity contribution is 0.0941. The van der Waals surface area contributed by atoms with E-state index in [0.717, 1.165) is 29.2 Å². The Balaban J connectivity index is 1.45. The van der Waals surface area contributed by atoms with E-state index in [4.69, 9.17) is 9.47 Å². The normalized spacial score (nSPS) is 15.6. The summed E-state index contributed by atoms with van der Waals surface area (Å²) in [4.78, 5) is 26.3. The number of carbonyl (C=O) groups excluding carboxylic acids is 2. The van der Waals surface area contributed by atoms with Crippen LogP contribution in [-0.2, 0) is 6.54 Å². The summed E-state index contributed by atoms with van der Waals surface area (Å²) >= 11 is 0. The number of rotatable bonds is 7. The van der Waals surface area contributed by atoms with Crippen molar-refractivity contribution in [3.8, 4) is 11.5 Å². The fourth-order valence-corrected chi connectivity index (χ4v) is 4.03. The van der Waals surface area contributed by atoms with Crippen LogP contribution in [0, 0.1) is 0 Å². The summed E-state index contributed by atoms with van der Waals surface area (Å²) in [5.41, 5.74) is 3.24. The van der Waals surface area contributed by atoms with Crippen molar-refractivity contribution in [3.63, 3.8) is 0 Å². The zero-order chi connectivity index (χ0) is 23.2. The number of ketones is 1. The lowest BCUT2D eigenvalue weighted by atomic mass is 10.1. The van der Waals surface area contributed by atoms with Gasteiger partial charge in [0.15, 0.2) is 5.78 Å². The first kappa shape index (κ1) is 22.6. The Bertz CT molecular complexity index is 1130. The number of ether oxygens (including phenoxy) is 2. The molecule has 1 amide bonds. The number of nitrogens with zero attached hydrogens (tertiary/aromatic N) is 1. The van der Waals surface area contributed by atoms with E-state index >= 15 is 0 Å². The van der Waals surface area contributed by atoms with Crippen molar-refractivity contribution in [2.45, 2.75) is 19.6 Å². The molecule has 0 spiro atoms. The molecule has 1 atom stereocenters. The maximum Gasteiger partial charge on any atom is 0.251 e. The maximum absolute atomic E-state index is 12.5. The number of methoxy groups -OCH3 is 1. The lowest BCUT2D eigenvalue weighted by Gasteiger charge is -2.25. The minimum absolute atomic E-state index is 0.0183. The molecule has 1 aliphatic heterocycles. The fraction of sp³-hybridized carbons (Fsp3) is 0.259. The van der Waals surface area contributed by atoms with E-state index in [1.54, 1.807) is 31.4 Å². The molecule has 1 unspecified atom stereocenters. The van der Waals surface area contributed by atoms with Gasteiger partial charge < -0.3 is 14.8 Å². The third-order valence-corrected chi connectivity index (χ3v) is 5.81. The largest absolute Gasteiger partial charge is 0.496 e. The first-order valence-electron chi connectivity index (χ1n) is 11.0. The van der Waals surface area contributed by atoms with Crippen LogP contribution in [-0.4, -0.2) is 43.3 Å². The second-order valence-electron chi connectivity index (χ2n) is 8.08. The van der Waals surface area contributed by atoms with Crippen LogP contribution in [0.4, 0.5) is 0 Å². The van der Waals surface area contributed by atoms with Gasteiger partial charge in [-0.05, 0) is 31.2 Å². The number of benzene rings is 3. The number of nitrogens with one attached hydrogen (secondary N) is 1. The summed E-state index contributed by atoms with van der Waals surface area (Å²) in [7, 11) is 1.67. The first-order valence-corrected chi connectivity index (χ1v) is 11.0. The zero-order valence-corrected chi connectivity index (χ0v) is 18.9. The Hall–Kier alpha value is -3.64. The van der Waals surface area contributed by atoms with Gasteiger partial charge in [0.1, 0.15) is 17.6 Å². The van der Waals surface area contributed by atoms with E-state index in [-0.39, 0.29) is 17.8 Å². The Kier molecular flexibility index (Phi) is 7.05. The monoisotopic (exact) mass is 444 g/mol. The summed E-state index contributed by atoms with van der Waals surface area (Å²) in [6.07, 6.45) is -0.195. The van der Waals surface area contributed by atoms with Gasteiger partial charge in [0.25, 0.3) is 5.91 Å². The second-order valence-corrected chi connectivity index (χ2v) is 8.08. The molecule has 0 fully saturated rings. The van der Waals surface area contributed by atoms with E-state index < -0.39 is 0 Å². The van der Waals surface area contributed by atoms with Gasteiger partial charge >= 0.3 is 0 Å². The topological polar surface area (TPSA) is 67.9 Å². The number of fused-ring (bicyclic) bond motifs is 1. The fourth-order valence-electron chi connectivity index (χ4n) is 4.03. The van der Waals surface area contributed by atoms with Crippen molar-refractivity contribution in [3.05, 3.63) is 95.1 Å². The molecule has 0 bridgehead atoms. The molecule has 0 saturated carbocycles. The lowest BCUT2D eigenvalue weighted by Crippen LogP contribution is -2.36. The highest BCUT2D eigenvalue weighted by Crippen LogP contribution is 2.34. The molecule has 0 radical (unpaired) electrons. The number of amides is 1. The predicted molar refractivity (Wildman–Crippen MR) is 127 cm³/mol. The standard InChI is InChI=1S/C27H28N2O4/c1-19(30)20-11-13-21(14-12-20)27(31)28-15-16-29-17-22-7-3-5-9-24(22)33-26(18-29)23-8-4-6-10-25(23)32-2/h3-14,26H,15-18H2,1-2H3,(H,28,31). The van der Waals surface area contributed by atoms with Gasteiger partial charge in [-0.25, -0.2) is 0 Å². The molecule has 0 aromatic heterocycles. The molecule has 0 aliphatic carbocycles. The van der Waals surface area contributed by atoms with Crippen molar-refractivity contribution in [1.29, 1.82) is 0 Å². The highest BCUT2D eigenvalue weighted by Gasteiger charge is 2.26. The van der Waals surface area contributed by atoms with Gasteiger partial charge in [0.05, 0.1) is 7.11 Å². The van der Waals surface area contributed by atoms with E-state index in [1.165, 1.54) is 6.92 Å². The van der Waals surface area contributed by atoms with E-state index in [2.05, 4.69) is 16.3 Å². The Morgan fingerprint density at radius 2 is 1.70 bits per heavy atom. The summed E-state index contributed by atoms with van der Waals surface area (Å²) in [5.74, 6) is 1.49. The summed E-state index contributed by atoms with van der Waals surface area (Å²) < 4.78 is 12.0. The van der Waals surface area contributed by atoms with Crippen molar-refractivity contribution in [1.82, 2.24) is 10.2 Å². The van der Waals surface area contributed by atoms with Crippen LogP contribution in [0.3, 0.4) is 0 Å². The molecular formula is C27H28N2O4. The van der Waals surface area contributed by atoms with Crippen LogP contribution in [0.5, 0.6) is 11.5 Å². The number of hydrogen-bond donors (Lipinski definition) is 1. The Labute approximate surface area is 194 Å². The average molecular weight is 445 g/mol. The van der Waals surface area contributed by atoms with Crippen LogP contribution in [0.1, 0.15) is 44.9 Å². The van der Waals surface area contributed by atoms with Crippen molar-refractivity contribution in [2.24, 2.45) is 0 Å². The third-order valence-electron chi connectivity index (χ3n) is 5.81. The van der Waals surface area contributed by atoms with Crippen LogP contribution in [0.25, 0.3) is 0 Å². The number of carbonyl (C=O) groups is 2. The van der Waals surface area contributed by atoms with E-state index in [1.807, 2.05) is 42.5 Å². The predicted octanol–water partition coefficient (Wildman–Crippen LogP) is 4.26. The molecular weight excluding hydrogens is 416 g/mol. The minimum atomic E-state index is -0.195. The van der Waals surface area contributed by atoms with E-state index in [0.29, 0.717) is 30.8 Å². The SMILES string of the molecule is COc1ccccc1C1CN(CCNC(=O)c2ccc(C(C)=O)cc2)Cc2ccccc2O1. The van der Waals surface area contributed by atoms with Gasteiger partial charge in [0, 0.05) is 48.4 Å². The Morgan fingerprint density at radius 3 is 2.45 bits per heavy atom. The molecule has 1 N–H and O–H groups in total. The van der Waals surface area contributed by atoms with Gasteiger partial charge in [0.2, 0.25) is 0 Å². The molecule has 1 aliphatic rings. The average Bonchev–Trinajstić information content (AvgIpc) is 3.03. The number of hydrogen-bond acceptors (Lipinski definition) is 5. The smallest absolute Gasteiger partial charge is 0.251 e. The van der Waals surface area contributed by atoms with Crippen molar-refractivity contribution < 1.29 is 19.1 Å². The van der Waals surface area contributed by atoms with Crippen LogP contribution in [0.15, 0.2) is 72.8 Å². The summed E-state index contributed by atoms with van der Waals surface area (Å²) in [6.45, 7) is 4.06. The Morgan fingerprint density at radius 1 is 1.00 bits per heavy atom. The molecule has 3 aromatic rings. The van der Waals surface area contributed by atoms with Gasteiger partial charge in [-0.15, -0.1) is 0 Å². The summed E-state index contributed by atoms with van der Waals surface area (Å²) in [5, 5.41) is 2.99. The van der Waals surface area contributed by atoms with Crippen LogP contribution < -0.4 is 14.8 Å². The molecule has 1 heterocycles. The second kappa shape index (κ2) is 10.3. The van der Waals surface area contributed by atoms with Crippen LogP contribution >= 0.6 is 0 Å². The first-order chi connectivity index (χ1) is 16.0. The highest BCUT2D eigenvalue weighted by atomic mass is 16.5. The molecule has 170 valence electrons. The van der Waals surface area contributed by atoms with Crippen molar-refractivity contribution in [2.75, 3.05) is 26.7 Å². The van der Waals surface area contributed by atoms with Gasteiger partial charge in [-0.1, -0.05) is 48.5 Å². The zero-order valence-electron chi connectivity index (χ0n) is 18.9. The number of para-hydroxylation sites is 2. The minimum Gasteiger partial charge on any atom is -0.496 e. The van der Waals surface area contributed by atoms with Gasteiger partial charge in [-0.2, -0.15) is 0 Å². The molecule has 0 saturated heterocycles. The van der Waals surface area contributed by atoms with Gasteiger partial charge in [-0.3, -0.25) is 14.5 Å². The molecule has 3 aromatic carbocycles. The quantitative estimate of drug-likeness (QED) is 0.552. The molecule has 4 rings (SSSR count). The van der Waals surface area contributed by atoms with E-state index in [9.17, 15) is 9.59 Å². The summed E-state index contributed by atoms with van der Waals surface area (Å²) in [6, 6.07) is 22.7. The van der Waals surface area contributed by atoms with Crippen LogP contribution in [0.2, 0.25) is 0 Å². The molecule has 33 heavy (non-hydrogen) atoms. The number of Topliss-reactive ketones (excluding diaryl/α,β-unsaturated/α-hetero) is 1.